The van der Waals surface area contributed by atoms with E-state index in [4.69, 9.17) is 23.2 Å². The molecule has 5 nitrogen and oxygen atoms in total. The highest BCUT2D eigenvalue weighted by molar-refractivity contribution is 6.36. The predicted molar refractivity (Wildman–Crippen MR) is 113 cm³/mol. The summed E-state index contributed by atoms with van der Waals surface area (Å²) in [6, 6.07) is 5.50. The van der Waals surface area contributed by atoms with Gasteiger partial charge in [0.15, 0.2) is 0 Å². The highest BCUT2D eigenvalue weighted by Crippen LogP contribution is 2.27. The Bertz CT molecular complexity index is 710. The van der Waals surface area contributed by atoms with Crippen LogP contribution in [0.2, 0.25) is 10.0 Å². The molecule has 154 valence electrons. The molecule has 3 rings (SSSR count). The van der Waals surface area contributed by atoms with Gasteiger partial charge in [-0.1, -0.05) is 23.2 Å². The molecule has 0 spiro atoms. The summed E-state index contributed by atoms with van der Waals surface area (Å²) in [4.78, 5) is 29.8. The fraction of sp³-hybridized carbons (Fsp3) is 0.619. The lowest BCUT2D eigenvalue weighted by Crippen LogP contribution is -2.52. The van der Waals surface area contributed by atoms with E-state index in [1.807, 2.05) is 4.90 Å². The lowest BCUT2D eigenvalue weighted by molar-refractivity contribution is -0.138. The highest BCUT2D eigenvalue weighted by atomic mass is 35.5. The maximum atomic E-state index is 12.8. The predicted octanol–water partition coefficient (Wildman–Crippen LogP) is 3.83. The van der Waals surface area contributed by atoms with Gasteiger partial charge in [0.05, 0.1) is 10.6 Å². The summed E-state index contributed by atoms with van der Waals surface area (Å²) < 4.78 is 0. The van der Waals surface area contributed by atoms with Crippen LogP contribution in [0, 0.1) is 5.92 Å². The molecule has 0 radical (unpaired) electrons. The number of amides is 2. The average Bonchev–Trinajstić information content (AvgIpc) is 2.68. The van der Waals surface area contributed by atoms with Gasteiger partial charge in [-0.2, -0.15) is 0 Å². The van der Waals surface area contributed by atoms with Crippen LogP contribution < -0.4 is 5.32 Å². The van der Waals surface area contributed by atoms with E-state index in [2.05, 4.69) is 24.1 Å². The van der Waals surface area contributed by atoms with E-state index in [0.29, 0.717) is 21.7 Å². The third-order valence-corrected chi connectivity index (χ3v) is 6.49. The Labute approximate surface area is 177 Å². The molecular formula is C21H29Cl2N3O2. The minimum Gasteiger partial charge on any atom is -0.349 e. The number of benzene rings is 1. The summed E-state index contributed by atoms with van der Waals surface area (Å²) in [6.07, 6.45) is 3.28. The van der Waals surface area contributed by atoms with Gasteiger partial charge in [0, 0.05) is 49.2 Å². The van der Waals surface area contributed by atoms with Crippen molar-refractivity contribution >= 4 is 35.0 Å². The molecule has 2 amide bonds. The van der Waals surface area contributed by atoms with Crippen molar-refractivity contribution in [2.24, 2.45) is 5.92 Å². The average molecular weight is 426 g/mol. The smallest absolute Gasteiger partial charge is 0.253 e. The number of halogens is 2. The number of carbonyl (C=O) groups is 2. The molecule has 2 aliphatic rings. The second-order valence-electron chi connectivity index (χ2n) is 8.10. The van der Waals surface area contributed by atoms with E-state index >= 15 is 0 Å². The van der Waals surface area contributed by atoms with Crippen LogP contribution in [0.25, 0.3) is 0 Å². The van der Waals surface area contributed by atoms with Gasteiger partial charge in [-0.05, 0) is 57.7 Å². The van der Waals surface area contributed by atoms with E-state index in [0.717, 1.165) is 51.9 Å². The Hall–Kier alpha value is -1.30. The second kappa shape index (κ2) is 9.47. The molecule has 0 aromatic heterocycles. The van der Waals surface area contributed by atoms with Gasteiger partial charge in [0.2, 0.25) is 5.91 Å². The number of hydrogen-bond acceptors (Lipinski definition) is 3. The van der Waals surface area contributed by atoms with Crippen LogP contribution >= 0.6 is 23.2 Å². The number of piperazine rings is 1. The zero-order chi connectivity index (χ0) is 20.3. The first-order chi connectivity index (χ1) is 13.3. The van der Waals surface area contributed by atoms with Crippen LogP contribution in [-0.4, -0.2) is 59.9 Å². The molecule has 1 heterocycles. The molecule has 7 heteroatoms. The molecule has 1 aromatic rings. The van der Waals surface area contributed by atoms with Crippen LogP contribution in [0.3, 0.4) is 0 Å². The largest absolute Gasteiger partial charge is 0.349 e. The van der Waals surface area contributed by atoms with E-state index < -0.39 is 0 Å². The van der Waals surface area contributed by atoms with Crippen LogP contribution in [0.4, 0.5) is 0 Å². The first-order valence-corrected chi connectivity index (χ1v) is 10.9. The Morgan fingerprint density at radius 3 is 2.25 bits per heavy atom. The molecule has 2 fully saturated rings. The van der Waals surface area contributed by atoms with E-state index in [1.165, 1.54) is 0 Å². The maximum absolute atomic E-state index is 12.8. The second-order valence-corrected chi connectivity index (χ2v) is 8.94. The van der Waals surface area contributed by atoms with E-state index in [-0.39, 0.29) is 23.8 Å². The lowest BCUT2D eigenvalue weighted by atomic mass is 9.85. The third kappa shape index (κ3) is 5.19. The molecule has 1 aromatic carbocycles. The zero-order valence-corrected chi connectivity index (χ0v) is 18.1. The molecule has 1 saturated heterocycles. The Balaban J connectivity index is 1.46. The number of hydrogen-bond donors (Lipinski definition) is 1. The summed E-state index contributed by atoms with van der Waals surface area (Å²) in [7, 11) is 0. The minimum atomic E-state index is -0.179. The van der Waals surface area contributed by atoms with Crippen molar-refractivity contribution < 1.29 is 9.59 Å². The maximum Gasteiger partial charge on any atom is 0.253 e. The molecule has 1 N–H and O–H groups in total. The van der Waals surface area contributed by atoms with Crippen molar-refractivity contribution in [2.45, 2.75) is 51.6 Å². The summed E-state index contributed by atoms with van der Waals surface area (Å²) in [5.41, 5.74) is 0.437. The topological polar surface area (TPSA) is 52.6 Å². The Morgan fingerprint density at radius 2 is 1.68 bits per heavy atom. The molecule has 1 aliphatic heterocycles. The van der Waals surface area contributed by atoms with Crippen molar-refractivity contribution in [3.05, 3.63) is 33.8 Å². The van der Waals surface area contributed by atoms with Crippen molar-refractivity contribution in [1.82, 2.24) is 15.1 Å². The molecule has 1 aliphatic carbocycles. The van der Waals surface area contributed by atoms with Gasteiger partial charge in [0.1, 0.15) is 0 Å². The Kier molecular flexibility index (Phi) is 7.24. The molecular weight excluding hydrogens is 397 g/mol. The van der Waals surface area contributed by atoms with Crippen LogP contribution in [0.5, 0.6) is 0 Å². The van der Waals surface area contributed by atoms with Gasteiger partial charge in [-0.15, -0.1) is 0 Å². The summed E-state index contributed by atoms with van der Waals surface area (Å²) in [5, 5.41) is 3.92. The molecule has 0 unspecified atom stereocenters. The fourth-order valence-corrected chi connectivity index (χ4v) is 4.63. The molecule has 28 heavy (non-hydrogen) atoms. The SMILES string of the molecule is CC(C)N1CCN(C(=O)[C@H]2CC[C@H](NC(=O)c3ccc(Cl)cc3Cl)CC2)CC1. The lowest BCUT2D eigenvalue weighted by Gasteiger charge is -2.39. The van der Waals surface area contributed by atoms with Gasteiger partial charge in [-0.25, -0.2) is 0 Å². The van der Waals surface area contributed by atoms with Crippen LogP contribution in [0.15, 0.2) is 18.2 Å². The summed E-state index contributed by atoms with van der Waals surface area (Å²) in [5.74, 6) is 0.188. The summed E-state index contributed by atoms with van der Waals surface area (Å²) >= 11 is 12.0. The number of rotatable bonds is 4. The highest BCUT2D eigenvalue weighted by Gasteiger charge is 2.32. The van der Waals surface area contributed by atoms with Crippen molar-refractivity contribution in [3.63, 3.8) is 0 Å². The van der Waals surface area contributed by atoms with Crippen LogP contribution in [0.1, 0.15) is 49.9 Å². The van der Waals surface area contributed by atoms with Crippen molar-refractivity contribution in [3.8, 4) is 0 Å². The van der Waals surface area contributed by atoms with Crippen molar-refractivity contribution in [2.75, 3.05) is 26.2 Å². The zero-order valence-electron chi connectivity index (χ0n) is 16.6. The summed E-state index contributed by atoms with van der Waals surface area (Å²) in [6.45, 7) is 7.95. The molecule has 1 saturated carbocycles. The van der Waals surface area contributed by atoms with E-state index in [1.54, 1.807) is 18.2 Å². The normalized spacial score (nSPS) is 23.7. The number of nitrogens with one attached hydrogen (secondary N) is 1. The number of carbonyl (C=O) groups excluding carboxylic acids is 2. The molecule has 0 bridgehead atoms. The molecule has 0 atom stereocenters. The van der Waals surface area contributed by atoms with Gasteiger partial charge in [-0.3, -0.25) is 14.5 Å². The Morgan fingerprint density at radius 1 is 1.04 bits per heavy atom. The van der Waals surface area contributed by atoms with E-state index in [9.17, 15) is 9.59 Å². The van der Waals surface area contributed by atoms with Gasteiger partial charge in [0.25, 0.3) is 5.91 Å². The third-order valence-electron chi connectivity index (χ3n) is 5.94. The minimum absolute atomic E-state index is 0.0814. The van der Waals surface area contributed by atoms with Crippen molar-refractivity contribution in [1.29, 1.82) is 0 Å². The van der Waals surface area contributed by atoms with Gasteiger partial charge >= 0.3 is 0 Å². The first kappa shape index (κ1) is 21.4. The quantitative estimate of drug-likeness (QED) is 0.796. The monoisotopic (exact) mass is 425 g/mol. The fourth-order valence-electron chi connectivity index (χ4n) is 4.14. The van der Waals surface area contributed by atoms with Crippen LogP contribution in [-0.2, 0) is 4.79 Å². The van der Waals surface area contributed by atoms with Gasteiger partial charge < -0.3 is 10.2 Å². The standard InChI is InChI=1S/C21H29Cl2N3O2/c1-14(2)25-9-11-26(12-10-25)21(28)15-3-6-17(7-4-15)24-20(27)18-8-5-16(22)13-19(18)23/h5,8,13-15,17H,3-4,6-7,9-12H2,1-2H3,(H,24,27)/t15-,17-. The first-order valence-electron chi connectivity index (χ1n) is 10.1. The number of nitrogens with zero attached hydrogens (tertiary/aromatic N) is 2.